The Hall–Kier alpha value is -18.3. The number of aromatic amines is 4. The number of carbonyl (C=O) groups excluding carboxylic acids is 1. The van der Waals surface area contributed by atoms with Crippen molar-refractivity contribution in [1.29, 1.82) is 10.8 Å². The van der Waals surface area contributed by atoms with Crippen LogP contribution in [0.15, 0.2) is 282 Å². The third kappa shape index (κ3) is 30.0. The molecule has 15 atom stereocenters. The van der Waals surface area contributed by atoms with Crippen molar-refractivity contribution in [3.8, 4) is 17.2 Å². The van der Waals surface area contributed by atoms with Crippen LogP contribution >= 0.6 is 0 Å². The van der Waals surface area contributed by atoms with Crippen molar-refractivity contribution < 1.29 is 122 Å². The summed E-state index contributed by atoms with van der Waals surface area (Å²) in [7, 11) is 0. The second-order valence-corrected chi connectivity index (χ2v) is 35.7. The van der Waals surface area contributed by atoms with Crippen molar-refractivity contribution in [2.45, 2.75) is 188 Å². The number of carbonyl (C=O) groups is 2. The SMILES string of the molecule is CC1N=C(O)C(C(C)O)N=C(O)CN=C(O)C(Cc2cnc[nH]2)N=C(O)C(Cc2c[nH]c3ccccc23)N=C(O)C(CC(=N)O)N=C(O)CN=C(O)CC(C(O)=NC(Cc2c[nH]c3ccccc23)C(O)=NC(Cc2ccccc2)C(O)=NC(Cc2ccccc2)C(O)=NC(CC(=N)O)C(O)=NC(Cc2ccc(O)cc2)C(O)=NC(Cc2ccc(O)cc2)C(O)=NC(Cc2c[nH]c3c(O)cccc23)C(=O)O)N=C(O)C2CCCN2C1=O. The summed E-state index contributed by atoms with van der Waals surface area (Å²) < 4.78 is 0. The predicted molar refractivity (Wildman–Crippen MR) is 568 cm³/mol. The number of benzene rings is 7. The van der Waals surface area contributed by atoms with E-state index >= 15 is 0 Å². The van der Waals surface area contributed by atoms with Crippen molar-refractivity contribution in [3.05, 3.63) is 252 Å². The lowest BCUT2D eigenvalue weighted by molar-refractivity contribution is -0.138. The molecule has 0 aliphatic carbocycles. The summed E-state index contributed by atoms with van der Waals surface area (Å²) in [5, 5.41) is 275. The van der Waals surface area contributed by atoms with E-state index in [0.717, 1.165) is 4.90 Å². The average molecular weight is 2060 g/mol. The molecule has 150 heavy (non-hydrogen) atoms. The third-order valence-electron chi connectivity index (χ3n) is 24.5. The Morgan fingerprint density at radius 3 is 1.43 bits per heavy atom. The van der Waals surface area contributed by atoms with Gasteiger partial charge in [0.25, 0.3) is 0 Å². The molecule has 2 aliphatic heterocycles. The lowest BCUT2D eigenvalue weighted by Crippen LogP contribution is -2.45. The number of para-hydroxylation sites is 3. The van der Waals surface area contributed by atoms with E-state index in [0.29, 0.717) is 77.3 Å². The Balaban J connectivity index is 0.895. The number of nitrogens with one attached hydrogen (secondary N) is 6. The molecule has 0 radical (unpaired) electrons. The minimum absolute atomic E-state index is 0.0434. The van der Waals surface area contributed by atoms with Crippen molar-refractivity contribution in [1.82, 2.24) is 29.8 Å². The van der Waals surface area contributed by atoms with Gasteiger partial charge in [0.05, 0.1) is 37.2 Å². The van der Waals surface area contributed by atoms with Gasteiger partial charge in [0.1, 0.15) is 103 Å². The van der Waals surface area contributed by atoms with Gasteiger partial charge in [-0.05, 0) is 108 Å². The number of phenolic OH excluding ortho intramolecular Hbond substituents is 3. The van der Waals surface area contributed by atoms with Crippen molar-refractivity contribution >= 4 is 145 Å². The van der Waals surface area contributed by atoms with Crippen LogP contribution in [0.5, 0.6) is 17.2 Å². The first-order valence-corrected chi connectivity index (χ1v) is 47.5. The highest BCUT2D eigenvalue weighted by Crippen LogP contribution is 2.31. The van der Waals surface area contributed by atoms with Gasteiger partial charge in [0.2, 0.25) is 88.5 Å². The first kappa shape index (κ1) is 109. The number of aliphatic hydroxyl groups excluding tert-OH is 18. The highest BCUT2D eigenvalue weighted by Gasteiger charge is 2.39. The summed E-state index contributed by atoms with van der Waals surface area (Å²) in [4.78, 5) is 110. The lowest BCUT2D eigenvalue weighted by atomic mass is 10.0. The van der Waals surface area contributed by atoms with Crippen LogP contribution in [0.1, 0.15) is 90.6 Å². The fraction of sp³-hybridized carbons (Fsp3) is 0.320. The number of aliphatic carboxylic acids is 1. The molecule has 7 aromatic carbocycles. The van der Waals surface area contributed by atoms with E-state index in [-0.39, 0.29) is 75.2 Å². The maximum absolute atomic E-state index is 14.7. The number of rotatable bonds is 36. The number of imidazole rings is 1. The molecule has 6 heterocycles. The van der Waals surface area contributed by atoms with E-state index in [1.54, 1.807) is 134 Å². The highest BCUT2D eigenvalue weighted by atomic mass is 16.4. The summed E-state index contributed by atoms with van der Waals surface area (Å²) in [5.74, 6) is -19.7. The number of fused-ring (bicyclic) bond motifs is 4. The zero-order chi connectivity index (χ0) is 108. The summed E-state index contributed by atoms with van der Waals surface area (Å²) in [6.07, 6.45) is 0.213. The number of H-pyrrole nitrogens is 4. The summed E-state index contributed by atoms with van der Waals surface area (Å²) in [5.41, 5.74) is 4.65. The van der Waals surface area contributed by atoms with Gasteiger partial charge in [0.15, 0.2) is 29.8 Å². The normalized spacial score (nSPS) is 20.2. The number of phenols is 3. The summed E-state index contributed by atoms with van der Waals surface area (Å²) in [6, 6.07) is 21.5. The van der Waals surface area contributed by atoms with Crippen LogP contribution in [0.2, 0.25) is 0 Å². The quantitative estimate of drug-likeness (QED) is 0.0128. The second-order valence-electron chi connectivity index (χ2n) is 35.7. The number of aliphatic hydroxyl groups is 18. The van der Waals surface area contributed by atoms with Crippen LogP contribution in [0.3, 0.4) is 0 Å². The summed E-state index contributed by atoms with van der Waals surface area (Å²) >= 11 is 0. The molecule has 11 aromatic rings. The zero-order valence-electron chi connectivity index (χ0n) is 80.9. The van der Waals surface area contributed by atoms with E-state index in [9.17, 15) is 122 Å². The van der Waals surface area contributed by atoms with E-state index in [4.69, 9.17) is 10.8 Å². The standard InChI is InChI=1S/C103H115N23O24/c1-53-102(148)126-34-14-24-81(126)100(146)123-79(45-85(133)109-50-86(134)114-77(43-83(104)131)97(143)119-75(40-60-47-108-69-23-12-10-20-66(60)69)96(142)121-76(42-62-49-106-52-112-62)90(136)111-51-87(135)125-88(54(2)127)101(147)113-53)99(145)120-74(39-59-46-107-68-22-11-9-19-65(59)68)95(141)117-70(35-55-15-5-3-6-16-55)91(137)115-71(36-56-17-7-4-8-18-56)93(139)122-78(44-84(105)132)98(144)118-72(37-57-26-30-63(128)31-27-57)92(138)116-73(38-58-28-32-64(129)33-29-58)94(140)124-80(103(149)150)41-61-48-110-89-67(61)21-13-25-82(89)130/h3-13,15-23,25-33,46-49,52-54,70-81,88,107-108,110,127-130H,14,24,34-45,50-51H2,1-2H3,(H2,104,131)(H2,105,132)(H,106,112)(H,109,133)(H,111,136)(H,113,147)(H,114,134)(H,115,137)(H,116,138)(H,117,141)(H,118,144)(H,119,143)(H,120,145)(H,121,142)(H,122,139)(H,123,146)(H,124,140)(H,125,135)(H,149,150). The number of hydrogen-bond donors (Lipinski definition) is 28. The number of amides is 1. The minimum atomic E-state index is -2.04. The molecule has 47 heteroatoms. The molecule has 28 N–H and O–H groups in total. The van der Waals surface area contributed by atoms with Gasteiger partial charge in [-0.15, -0.1) is 0 Å². The molecule has 0 spiro atoms. The molecule has 15 unspecified atom stereocenters. The Kier molecular flexibility index (Phi) is 37.0. The monoisotopic (exact) mass is 2060 g/mol. The molecule has 13 rings (SSSR count). The van der Waals surface area contributed by atoms with Crippen LogP contribution in [-0.2, 0) is 61.0 Å². The smallest absolute Gasteiger partial charge is 0.328 e. The Bertz CT molecular complexity index is 7070. The second kappa shape index (κ2) is 50.9. The molecular formula is C103H115N23O24. The van der Waals surface area contributed by atoms with Crippen LogP contribution in [0, 0.1) is 10.8 Å². The molecule has 47 nitrogen and oxygen atoms in total. The average Bonchev–Trinajstić information content (AvgIpc) is 1.63. The van der Waals surface area contributed by atoms with Crippen LogP contribution in [0.4, 0.5) is 0 Å². The number of aromatic nitrogens is 5. The number of aliphatic imine (C=N–C) groups is 15. The minimum Gasteiger partial charge on any atom is -0.508 e. The van der Waals surface area contributed by atoms with Crippen molar-refractivity contribution in [2.24, 2.45) is 74.9 Å². The topological polar surface area (TPSA) is 792 Å². The van der Waals surface area contributed by atoms with Gasteiger partial charge >= 0.3 is 5.97 Å². The number of carboxylic acids is 1. The van der Waals surface area contributed by atoms with E-state index < -0.39 is 248 Å². The molecule has 0 saturated carbocycles. The molecule has 0 bridgehead atoms. The molecular weight excluding hydrogens is 1940 g/mol. The van der Waals surface area contributed by atoms with Gasteiger partial charge in [-0.2, -0.15) is 0 Å². The number of aromatic hydroxyl groups is 3. The van der Waals surface area contributed by atoms with Gasteiger partial charge in [-0.3, -0.25) is 15.6 Å². The Morgan fingerprint density at radius 2 is 0.893 bits per heavy atom. The highest BCUT2D eigenvalue weighted by molar-refractivity contribution is 6.00. The molecule has 1 fully saturated rings. The molecule has 2 aliphatic rings. The first-order valence-electron chi connectivity index (χ1n) is 47.5. The fourth-order valence-corrected chi connectivity index (χ4v) is 16.9. The van der Waals surface area contributed by atoms with Gasteiger partial charge in [0, 0.05) is 116 Å². The van der Waals surface area contributed by atoms with Crippen LogP contribution < -0.4 is 0 Å². The maximum Gasteiger partial charge on any atom is 0.328 e. The number of nitrogens with zero attached hydrogens (tertiary/aromatic N) is 17. The predicted octanol–water partition coefficient (Wildman–Crippen LogP) is 12.1. The van der Waals surface area contributed by atoms with Crippen molar-refractivity contribution in [2.75, 3.05) is 19.6 Å². The van der Waals surface area contributed by atoms with Gasteiger partial charge < -0.3 is 137 Å². The lowest BCUT2D eigenvalue weighted by Gasteiger charge is -2.26. The van der Waals surface area contributed by atoms with E-state index in [1.165, 1.54) is 87.2 Å². The van der Waals surface area contributed by atoms with E-state index in [2.05, 4.69) is 99.8 Å². The molecule has 1 saturated heterocycles. The molecule has 786 valence electrons. The Labute approximate surface area is 854 Å². The molecule has 1 amide bonds. The number of carboxylic acid groups (broad SMARTS) is 1. The van der Waals surface area contributed by atoms with Crippen LogP contribution in [0.25, 0.3) is 32.7 Å². The van der Waals surface area contributed by atoms with Crippen molar-refractivity contribution in [3.63, 3.8) is 0 Å². The fourth-order valence-electron chi connectivity index (χ4n) is 16.9. The third-order valence-corrected chi connectivity index (χ3v) is 24.5. The van der Waals surface area contributed by atoms with Gasteiger partial charge in [-0.25, -0.2) is 84.7 Å². The maximum atomic E-state index is 14.7. The largest absolute Gasteiger partial charge is 0.508 e. The number of hydrogen-bond acceptors (Lipinski definition) is 24. The molecule has 4 aromatic heterocycles. The Morgan fingerprint density at radius 1 is 0.433 bits per heavy atom. The zero-order valence-corrected chi connectivity index (χ0v) is 80.9. The first-order chi connectivity index (χ1) is 71.8. The van der Waals surface area contributed by atoms with E-state index in [1.807, 2.05) is 0 Å². The van der Waals surface area contributed by atoms with Gasteiger partial charge in [-0.1, -0.05) is 133 Å². The summed E-state index contributed by atoms with van der Waals surface area (Å²) in [6.45, 7) is 0.443. The van der Waals surface area contributed by atoms with Crippen LogP contribution in [-0.4, -0.2) is 365 Å².